The van der Waals surface area contributed by atoms with Gasteiger partial charge in [0.15, 0.2) is 0 Å². The first-order chi connectivity index (χ1) is 18.7. The Morgan fingerprint density at radius 3 is 2.05 bits per heavy atom. The van der Waals surface area contributed by atoms with Crippen molar-refractivity contribution in [2.45, 2.75) is 81.6 Å². The highest BCUT2D eigenvalue weighted by Crippen LogP contribution is 2.51. The van der Waals surface area contributed by atoms with Crippen LogP contribution in [0.5, 0.6) is 11.5 Å². The summed E-state index contributed by atoms with van der Waals surface area (Å²) in [6, 6.07) is 15.9. The van der Waals surface area contributed by atoms with Crippen molar-refractivity contribution in [1.29, 1.82) is 0 Å². The molecule has 0 unspecified atom stereocenters. The van der Waals surface area contributed by atoms with E-state index in [4.69, 9.17) is 14.7 Å². The topological polar surface area (TPSA) is 35.0 Å². The lowest BCUT2D eigenvalue weighted by atomic mass is 9.82. The Hall–Kier alpha value is -3.46. The summed E-state index contributed by atoms with van der Waals surface area (Å²) >= 11 is 0. The number of nitrogens with zero attached hydrogens (tertiary/aromatic N) is 2. The van der Waals surface area contributed by atoms with Crippen molar-refractivity contribution >= 4 is 32.4 Å². The van der Waals surface area contributed by atoms with Gasteiger partial charge in [-0.05, 0) is 81.0 Å². The van der Waals surface area contributed by atoms with E-state index in [2.05, 4.69) is 105 Å². The van der Waals surface area contributed by atoms with Gasteiger partial charge in [-0.25, -0.2) is 0 Å². The Labute approximate surface area is 239 Å². The summed E-state index contributed by atoms with van der Waals surface area (Å²) in [6.45, 7) is 20.6. The predicted molar refractivity (Wildman–Crippen MR) is 170 cm³/mol. The molecule has 3 nitrogen and oxygen atoms in total. The lowest BCUT2D eigenvalue weighted by Crippen LogP contribution is -2.13. The molecule has 0 bridgehead atoms. The molecule has 2 aromatic heterocycles. The van der Waals surface area contributed by atoms with Gasteiger partial charge in [-0.3, -0.25) is 9.97 Å². The van der Waals surface area contributed by atoms with E-state index in [1.54, 1.807) is 0 Å². The zero-order valence-electron chi connectivity index (χ0n) is 25.6. The third-order valence-corrected chi connectivity index (χ3v) is 7.63. The van der Waals surface area contributed by atoms with Crippen LogP contribution in [0.2, 0.25) is 0 Å². The fraction of sp³-hybridized carbons (Fsp3) is 0.405. The average Bonchev–Trinajstić information content (AvgIpc) is 2.82. The van der Waals surface area contributed by atoms with Crippen LogP contribution in [0.15, 0.2) is 54.9 Å². The molecule has 3 heteroatoms. The van der Waals surface area contributed by atoms with E-state index in [0.717, 1.165) is 58.3 Å². The first-order valence-corrected chi connectivity index (χ1v) is 14.6. The van der Waals surface area contributed by atoms with Crippen molar-refractivity contribution in [3.05, 3.63) is 71.5 Å². The normalized spacial score (nSPS) is 13.6. The lowest BCUT2D eigenvalue weighted by Gasteiger charge is -2.28. The van der Waals surface area contributed by atoms with Gasteiger partial charge in [0, 0.05) is 35.0 Å². The molecule has 0 fully saturated rings. The first kappa shape index (κ1) is 26.7. The number of ether oxygens (including phenoxy) is 1. The van der Waals surface area contributed by atoms with Crippen LogP contribution in [0, 0.1) is 16.2 Å². The van der Waals surface area contributed by atoms with Gasteiger partial charge in [-0.2, -0.15) is 0 Å². The number of benzene rings is 3. The van der Waals surface area contributed by atoms with Crippen molar-refractivity contribution in [3.8, 4) is 22.8 Å². The Balaban J connectivity index is 1.62. The second-order valence-electron chi connectivity index (χ2n) is 15.5. The molecule has 1 aliphatic rings. The molecule has 6 rings (SSSR count). The van der Waals surface area contributed by atoms with Crippen molar-refractivity contribution in [3.63, 3.8) is 0 Å². The van der Waals surface area contributed by atoms with Crippen molar-refractivity contribution in [1.82, 2.24) is 9.97 Å². The summed E-state index contributed by atoms with van der Waals surface area (Å²) in [6.07, 6.45) is 6.92. The first-order valence-electron chi connectivity index (χ1n) is 14.6. The zero-order chi connectivity index (χ0) is 28.6. The van der Waals surface area contributed by atoms with E-state index in [0.29, 0.717) is 0 Å². The molecule has 3 aromatic carbocycles. The van der Waals surface area contributed by atoms with Gasteiger partial charge >= 0.3 is 0 Å². The molecule has 40 heavy (non-hydrogen) atoms. The molecular formula is C37H42N2O. The van der Waals surface area contributed by atoms with Gasteiger partial charge in [-0.1, -0.05) is 80.5 Å². The lowest BCUT2D eigenvalue weighted by molar-refractivity contribution is 0.400. The van der Waals surface area contributed by atoms with Gasteiger partial charge < -0.3 is 4.74 Å². The van der Waals surface area contributed by atoms with Gasteiger partial charge in [0.1, 0.15) is 11.5 Å². The molecule has 0 atom stereocenters. The quantitative estimate of drug-likeness (QED) is 0.213. The highest BCUT2D eigenvalue weighted by atomic mass is 16.5. The minimum atomic E-state index is 0.101. The van der Waals surface area contributed by atoms with E-state index in [-0.39, 0.29) is 16.2 Å². The number of aromatic nitrogens is 2. The molecule has 5 aromatic rings. The minimum absolute atomic E-state index is 0.101. The van der Waals surface area contributed by atoms with Gasteiger partial charge in [0.2, 0.25) is 0 Å². The summed E-state index contributed by atoms with van der Waals surface area (Å²) in [5.41, 5.74) is 7.48. The highest BCUT2D eigenvalue weighted by molar-refractivity contribution is 6.15. The maximum atomic E-state index is 6.88. The van der Waals surface area contributed by atoms with E-state index < -0.39 is 0 Å². The predicted octanol–water partition coefficient (Wildman–Crippen LogP) is 10.5. The van der Waals surface area contributed by atoms with Crippen LogP contribution in [0.25, 0.3) is 43.7 Å². The molecule has 206 valence electrons. The maximum Gasteiger partial charge on any atom is 0.140 e. The largest absolute Gasteiger partial charge is 0.456 e. The summed E-state index contributed by atoms with van der Waals surface area (Å²) in [5, 5.41) is 5.95. The molecule has 0 aliphatic carbocycles. The van der Waals surface area contributed by atoms with Crippen molar-refractivity contribution in [2.75, 3.05) is 0 Å². The van der Waals surface area contributed by atoms with Gasteiger partial charge in [0.25, 0.3) is 0 Å². The van der Waals surface area contributed by atoms with Crippen LogP contribution < -0.4 is 4.74 Å². The minimum Gasteiger partial charge on any atom is -0.456 e. The molecule has 0 amide bonds. The molecular weight excluding hydrogens is 488 g/mol. The maximum absolute atomic E-state index is 6.88. The summed E-state index contributed by atoms with van der Waals surface area (Å²) < 4.78 is 6.88. The molecule has 0 spiro atoms. The molecule has 0 saturated carbocycles. The highest BCUT2D eigenvalue weighted by Gasteiger charge is 2.29. The van der Waals surface area contributed by atoms with Crippen LogP contribution in [-0.4, -0.2) is 9.97 Å². The van der Waals surface area contributed by atoms with Crippen LogP contribution in [0.3, 0.4) is 0 Å². The summed E-state index contributed by atoms with van der Waals surface area (Å²) in [7, 11) is 0. The molecule has 0 saturated heterocycles. The Morgan fingerprint density at radius 1 is 0.650 bits per heavy atom. The fourth-order valence-electron chi connectivity index (χ4n) is 6.32. The molecule has 1 aliphatic heterocycles. The van der Waals surface area contributed by atoms with E-state index in [9.17, 15) is 0 Å². The third kappa shape index (κ3) is 5.07. The number of fused-ring (bicyclic) bond motifs is 5. The van der Waals surface area contributed by atoms with E-state index >= 15 is 0 Å². The standard InChI is InChI=1S/C37H42N2O/c1-35(2,3)18-22-10-11-25-24(14-22)16-28-33-32-26(12-13-38-33)27-15-23(19-36(4,5)6)21-39-30(27)17-31(32)40-34(28)29(25)20-37(7,8)9/h10-17,21H,18-20H2,1-9H3. The Morgan fingerprint density at radius 2 is 1.35 bits per heavy atom. The Kier molecular flexibility index (Phi) is 6.04. The number of rotatable bonds is 3. The van der Waals surface area contributed by atoms with Gasteiger partial charge in [-0.15, -0.1) is 0 Å². The van der Waals surface area contributed by atoms with Crippen molar-refractivity contribution < 1.29 is 4.74 Å². The SMILES string of the molecule is CC(C)(C)Cc1ccc2c(CC(C)(C)C)c3c(cc2c1)-c1nccc2c1c(cc1ncc(CC(C)(C)C)cc12)O3. The number of pyridine rings is 2. The summed E-state index contributed by atoms with van der Waals surface area (Å²) in [4.78, 5) is 9.90. The van der Waals surface area contributed by atoms with E-state index in [1.807, 2.05) is 12.4 Å². The second-order valence-corrected chi connectivity index (χ2v) is 15.5. The number of hydrogen-bond acceptors (Lipinski definition) is 3. The third-order valence-electron chi connectivity index (χ3n) is 7.63. The van der Waals surface area contributed by atoms with Crippen LogP contribution in [0.4, 0.5) is 0 Å². The smallest absolute Gasteiger partial charge is 0.140 e. The van der Waals surface area contributed by atoms with Crippen LogP contribution in [-0.2, 0) is 19.3 Å². The fourth-order valence-corrected chi connectivity index (χ4v) is 6.32. The van der Waals surface area contributed by atoms with Gasteiger partial charge in [0.05, 0.1) is 16.6 Å². The molecule has 0 N–H and O–H groups in total. The monoisotopic (exact) mass is 530 g/mol. The van der Waals surface area contributed by atoms with Crippen molar-refractivity contribution in [2.24, 2.45) is 16.2 Å². The second kappa shape index (κ2) is 9.03. The summed E-state index contributed by atoms with van der Waals surface area (Å²) in [5.74, 6) is 1.80. The zero-order valence-corrected chi connectivity index (χ0v) is 25.6. The van der Waals surface area contributed by atoms with Crippen LogP contribution >= 0.6 is 0 Å². The average molecular weight is 531 g/mol. The molecule has 0 radical (unpaired) electrons. The Bertz CT molecular complexity index is 1790. The van der Waals surface area contributed by atoms with E-state index in [1.165, 1.54) is 32.8 Å². The van der Waals surface area contributed by atoms with Crippen LogP contribution in [0.1, 0.15) is 79.0 Å². The number of hydrogen-bond donors (Lipinski definition) is 0. The molecule has 3 heterocycles.